The van der Waals surface area contributed by atoms with E-state index in [1.165, 1.54) is 30.5 Å². The van der Waals surface area contributed by atoms with Crippen molar-refractivity contribution in [1.29, 1.82) is 0 Å². The fourth-order valence-electron chi connectivity index (χ4n) is 2.55. The number of benzene rings is 2. The number of hydrazone groups is 1. The largest absolute Gasteiger partial charge is 0.490 e. The van der Waals surface area contributed by atoms with Crippen molar-refractivity contribution in [3.63, 3.8) is 0 Å². The normalized spacial score (nSPS) is 10.7. The van der Waals surface area contributed by atoms with E-state index in [0.29, 0.717) is 29.4 Å². The number of hydrogen-bond acceptors (Lipinski definition) is 8. The number of halogens is 1. The zero-order valence-electron chi connectivity index (χ0n) is 16.7. The highest BCUT2D eigenvalue weighted by Gasteiger charge is 2.11. The summed E-state index contributed by atoms with van der Waals surface area (Å²) in [5.74, 6) is -0.155. The van der Waals surface area contributed by atoms with Crippen molar-refractivity contribution in [2.45, 2.75) is 6.92 Å². The van der Waals surface area contributed by atoms with Crippen LogP contribution in [-0.4, -0.2) is 33.8 Å². The van der Waals surface area contributed by atoms with Gasteiger partial charge in [-0.25, -0.2) is 9.78 Å². The minimum atomic E-state index is -1.14. The zero-order chi connectivity index (χ0) is 23.1. The smallest absolute Gasteiger partial charge is 0.337 e. The van der Waals surface area contributed by atoms with E-state index in [2.05, 4.69) is 15.5 Å². The molecule has 32 heavy (non-hydrogen) atoms. The van der Waals surface area contributed by atoms with Crippen LogP contribution in [0.15, 0.2) is 59.8 Å². The van der Waals surface area contributed by atoms with Crippen molar-refractivity contribution in [2.75, 3.05) is 12.0 Å². The van der Waals surface area contributed by atoms with Crippen LogP contribution in [0.25, 0.3) is 0 Å². The molecule has 0 aliphatic carbocycles. The molecule has 0 radical (unpaired) electrons. The van der Waals surface area contributed by atoms with E-state index in [0.717, 1.165) is 6.20 Å². The number of ether oxygens (including phenoxy) is 2. The number of pyridine rings is 1. The van der Waals surface area contributed by atoms with Gasteiger partial charge in [0.15, 0.2) is 11.5 Å². The number of nitrogens with zero attached hydrogens (tertiary/aromatic N) is 3. The second-order valence-electron chi connectivity index (χ2n) is 6.22. The summed E-state index contributed by atoms with van der Waals surface area (Å²) in [6.45, 7) is 2.20. The molecule has 0 atom stereocenters. The summed E-state index contributed by atoms with van der Waals surface area (Å²) in [5, 5.41) is 24.1. The average molecular weight is 457 g/mol. The third-order valence-electron chi connectivity index (χ3n) is 4.02. The lowest BCUT2D eigenvalue weighted by Crippen LogP contribution is -2.00. The van der Waals surface area contributed by atoms with Crippen molar-refractivity contribution >= 4 is 35.2 Å². The van der Waals surface area contributed by atoms with Crippen LogP contribution in [-0.2, 0) is 0 Å². The number of aromatic nitrogens is 1. The van der Waals surface area contributed by atoms with Gasteiger partial charge < -0.3 is 14.6 Å². The van der Waals surface area contributed by atoms with E-state index in [-0.39, 0.29) is 22.2 Å². The van der Waals surface area contributed by atoms with Crippen LogP contribution in [0.5, 0.6) is 17.4 Å². The molecule has 1 heterocycles. The molecule has 0 spiro atoms. The molecule has 0 bridgehead atoms. The molecular weight excluding hydrogens is 440 g/mol. The van der Waals surface area contributed by atoms with Gasteiger partial charge in [0.1, 0.15) is 6.20 Å². The van der Waals surface area contributed by atoms with Gasteiger partial charge in [-0.05, 0) is 48.9 Å². The Morgan fingerprint density at radius 2 is 2.06 bits per heavy atom. The predicted octanol–water partition coefficient (Wildman–Crippen LogP) is 4.98. The zero-order valence-corrected chi connectivity index (χ0v) is 17.4. The second kappa shape index (κ2) is 10.2. The Bertz CT molecular complexity index is 1170. The van der Waals surface area contributed by atoms with Crippen molar-refractivity contribution in [1.82, 2.24) is 4.98 Å². The Morgan fingerprint density at radius 3 is 2.72 bits per heavy atom. The molecule has 0 saturated heterocycles. The van der Waals surface area contributed by atoms with Crippen LogP contribution in [0, 0.1) is 10.1 Å². The monoisotopic (exact) mass is 456 g/mol. The molecule has 10 nitrogen and oxygen atoms in total. The summed E-state index contributed by atoms with van der Waals surface area (Å²) in [6, 6.07) is 12.2. The molecule has 3 rings (SSSR count). The lowest BCUT2D eigenvalue weighted by Gasteiger charge is -2.11. The fourth-order valence-corrected chi connectivity index (χ4v) is 2.75. The van der Waals surface area contributed by atoms with Crippen LogP contribution >= 0.6 is 11.6 Å². The van der Waals surface area contributed by atoms with Crippen molar-refractivity contribution in [3.05, 3.63) is 81.0 Å². The number of anilines is 1. The van der Waals surface area contributed by atoms with E-state index in [1.807, 2.05) is 6.92 Å². The molecule has 0 saturated carbocycles. The van der Waals surface area contributed by atoms with E-state index >= 15 is 0 Å². The Labute approximate surface area is 187 Å². The molecule has 11 heteroatoms. The van der Waals surface area contributed by atoms with E-state index in [9.17, 15) is 14.9 Å². The van der Waals surface area contributed by atoms with Gasteiger partial charge in [-0.3, -0.25) is 15.5 Å². The minimum absolute atomic E-state index is 0.0353. The summed E-state index contributed by atoms with van der Waals surface area (Å²) in [6.07, 6.45) is 2.63. The van der Waals surface area contributed by atoms with Crippen LogP contribution in [0.1, 0.15) is 22.8 Å². The van der Waals surface area contributed by atoms with Crippen LogP contribution in [0.4, 0.5) is 11.4 Å². The second-order valence-corrected chi connectivity index (χ2v) is 6.63. The number of carbonyl (C=O) groups is 1. The van der Waals surface area contributed by atoms with Gasteiger partial charge in [0.2, 0.25) is 5.88 Å². The molecule has 3 aromatic rings. The number of nitro groups is 1. The molecule has 0 aliphatic rings. The number of aromatic carboxylic acids is 1. The lowest BCUT2D eigenvalue weighted by molar-refractivity contribution is -0.385. The van der Waals surface area contributed by atoms with Crippen LogP contribution < -0.4 is 14.9 Å². The third kappa shape index (κ3) is 5.70. The number of hydrogen-bond donors (Lipinski definition) is 2. The Balaban J connectivity index is 1.74. The summed E-state index contributed by atoms with van der Waals surface area (Å²) >= 11 is 5.86. The summed E-state index contributed by atoms with van der Waals surface area (Å²) in [7, 11) is 0. The van der Waals surface area contributed by atoms with Gasteiger partial charge in [0.05, 0.1) is 34.0 Å². The molecule has 0 fully saturated rings. The number of nitrogens with one attached hydrogen (secondary N) is 1. The van der Waals surface area contributed by atoms with Crippen molar-refractivity contribution in [2.24, 2.45) is 5.10 Å². The molecule has 1 aromatic heterocycles. The molecule has 0 amide bonds. The number of carboxylic acids is 1. The molecule has 2 N–H and O–H groups in total. The van der Waals surface area contributed by atoms with Gasteiger partial charge >= 0.3 is 5.97 Å². The highest BCUT2D eigenvalue weighted by Crippen LogP contribution is 2.32. The molecule has 164 valence electrons. The fraction of sp³-hybridized carbons (Fsp3) is 0.0952. The third-order valence-corrected chi connectivity index (χ3v) is 4.35. The topological polar surface area (TPSA) is 136 Å². The molecule has 0 aliphatic heterocycles. The lowest BCUT2D eigenvalue weighted by atomic mass is 10.2. The Hall–Kier alpha value is -4.18. The minimum Gasteiger partial charge on any atom is -0.490 e. The number of rotatable bonds is 9. The highest BCUT2D eigenvalue weighted by molar-refractivity contribution is 6.33. The van der Waals surface area contributed by atoms with Crippen molar-refractivity contribution < 1.29 is 24.3 Å². The van der Waals surface area contributed by atoms with Gasteiger partial charge in [0, 0.05) is 12.1 Å². The van der Waals surface area contributed by atoms with E-state index < -0.39 is 10.9 Å². The first-order valence-corrected chi connectivity index (χ1v) is 9.62. The van der Waals surface area contributed by atoms with Gasteiger partial charge in [-0.2, -0.15) is 5.10 Å². The summed E-state index contributed by atoms with van der Waals surface area (Å²) in [4.78, 5) is 25.3. The molecular formula is C21H17ClN4O6. The molecule has 0 unspecified atom stereocenters. The quantitative estimate of drug-likeness (QED) is 0.261. The standard InChI is InChI=1S/C21H17ClN4O6/c1-2-31-19-9-13(11-24-25-14-4-6-17(22)16(10-14)21(27)28)3-7-18(19)32-20-8-5-15(12-23-20)26(29)30/h3-12,25H,2H2,1H3,(H,27,28)/b24-11+. The maximum Gasteiger partial charge on any atom is 0.337 e. The Kier molecular flexibility index (Phi) is 7.19. The van der Waals surface area contributed by atoms with Crippen molar-refractivity contribution in [3.8, 4) is 17.4 Å². The van der Waals surface area contributed by atoms with Gasteiger partial charge in [-0.15, -0.1) is 0 Å². The Morgan fingerprint density at radius 1 is 1.25 bits per heavy atom. The van der Waals surface area contributed by atoms with Crippen LogP contribution in [0.3, 0.4) is 0 Å². The molecule has 2 aromatic carbocycles. The number of carboxylic acid groups (broad SMARTS) is 1. The maximum absolute atomic E-state index is 11.2. The maximum atomic E-state index is 11.2. The first-order valence-electron chi connectivity index (χ1n) is 9.24. The van der Waals surface area contributed by atoms with Gasteiger partial charge in [0.25, 0.3) is 5.69 Å². The SMILES string of the molecule is CCOc1cc(/C=N/Nc2ccc(Cl)c(C(=O)O)c2)ccc1Oc1ccc([N+](=O)[O-])cn1. The predicted molar refractivity (Wildman–Crippen MR) is 118 cm³/mol. The first kappa shape index (κ1) is 22.5. The highest BCUT2D eigenvalue weighted by atomic mass is 35.5. The first-order chi connectivity index (χ1) is 15.4. The van der Waals surface area contributed by atoms with E-state index in [4.69, 9.17) is 26.2 Å². The summed E-state index contributed by atoms with van der Waals surface area (Å²) in [5.41, 5.74) is 3.70. The van der Waals surface area contributed by atoms with Gasteiger partial charge in [-0.1, -0.05) is 11.6 Å². The van der Waals surface area contributed by atoms with E-state index in [1.54, 1.807) is 24.3 Å². The summed E-state index contributed by atoms with van der Waals surface area (Å²) < 4.78 is 11.3. The van der Waals surface area contributed by atoms with Crippen LogP contribution in [0.2, 0.25) is 5.02 Å². The average Bonchev–Trinajstić information content (AvgIpc) is 2.77.